The van der Waals surface area contributed by atoms with Crippen molar-refractivity contribution in [2.24, 2.45) is 0 Å². The Hall–Kier alpha value is -3.33. The molecule has 1 fully saturated rings. The first-order valence-electron chi connectivity index (χ1n) is 12.6. The number of hydrogen-bond donors (Lipinski definition) is 1. The van der Waals surface area contributed by atoms with E-state index in [9.17, 15) is 4.79 Å². The molecule has 0 saturated carbocycles. The van der Waals surface area contributed by atoms with E-state index in [4.69, 9.17) is 25.4 Å². The molecule has 1 N–H and O–H groups in total. The maximum Gasteiger partial charge on any atom is 0.228 e. The van der Waals surface area contributed by atoms with Crippen LogP contribution in [0.15, 0.2) is 60.7 Å². The number of piperazine rings is 1. The summed E-state index contributed by atoms with van der Waals surface area (Å²) >= 11 is 7.54. The molecule has 0 bridgehead atoms. The average Bonchev–Trinajstić information content (AvgIpc) is 3.38. The number of nitrogens with one attached hydrogen (secondary N) is 1. The van der Waals surface area contributed by atoms with Crippen LogP contribution in [0.5, 0.6) is 11.5 Å². The molecule has 0 radical (unpaired) electrons. The number of aromatic nitrogens is 1. The summed E-state index contributed by atoms with van der Waals surface area (Å²) in [6.07, 6.45) is 1.04. The number of benzene rings is 3. The Bertz CT molecular complexity index is 1400. The lowest BCUT2D eigenvalue weighted by Crippen LogP contribution is -2.47. The van der Waals surface area contributed by atoms with Crippen LogP contribution in [0.2, 0.25) is 5.02 Å². The molecule has 5 rings (SSSR count). The number of nitrogens with zero attached hydrogens (tertiary/aromatic N) is 3. The molecule has 0 aliphatic carbocycles. The minimum atomic E-state index is -0.0927. The molecule has 1 amide bonds. The van der Waals surface area contributed by atoms with Crippen LogP contribution in [0.4, 0.5) is 11.5 Å². The zero-order valence-electron chi connectivity index (χ0n) is 21.6. The number of hydrogen-bond acceptors (Lipinski definition) is 7. The lowest BCUT2D eigenvalue weighted by atomic mass is 10.1. The van der Waals surface area contributed by atoms with E-state index in [0.717, 1.165) is 61.8 Å². The van der Waals surface area contributed by atoms with Crippen molar-refractivity contribution in [3.63, 3.8) is 0 Å². The van der Waals surface area contributed by atoms with Gasteiger partial charge in [0, 0.05) is 54.9 Å². The second-order valence-corrected chi connectivity index (χ2v) is 10.5. The molecule has 3 aromatic carbocycles. The lowest BCUT2D eigenvalue weighted by Gasteiger charge is -2.35. The molecule has 38 heavy (non-hydrogen) atoms. The molecule has 0 unspecified atom stereocenters. The van der Waals surface area contributed by atoms with Crippen molar-refractivity contribution < 1.29 is 14.3 Å². The van der Waals surface area contributed by atoms with Gasteiger partial charge < -0.3 is 19.7 Å². The number of ether oxygens (including phenoxy) is 2. The molecule has 7 nitrogen and oxygen atoms in total. The minimum absolute atomic E-state index is 0.0927. The van der Waals surface area contributed by atoms with Crippen molar-refractivity contribution in [1.29, 1.82) is 0 Å². The van der Waals surface area contributed by atoms with Crippen molar-refractivity contribution >= 4 is 50.6 Å². The van der Waals surface area contributed by atoms with Crippen LogP contribution < -0.4 is 19.7 Å². The Morgan fingerprint density at radius 1 is 1.00 bits per heavy atom. The average molecular weight is 551 g/mol. The van der Waals surface area contributed by atoms with Crippen LogP contribution in [-0.2, 0) is 17.6 Å². The number of methoxy groups -OCH3 is 2. The topological polar surface area (TPSA) is 66.9 Å². The predicted molar refractivity (Wildman–Crippen MR) is 155 cm³/mol. The summed E-state index contributed by atoms with van der Waals surface area (Å²) in [7, 11) is 3.23. The van der Waals surface area contributed by atoms with Crippen LogP contribution in [-0.4, -0.2) is 62.1 Å². The van der Waals surface area contributed by atoms with E-state index in [2.05, 4.69) is 39.4 Å². The van der Waals surface area contributed by atoms with Gasteiger partial charge in [0.1, 0.15) is 5.82 Å². The van der Waals surface area contributed by atoms with Gasteiger partial charge in [-0.1, -0.05) is 35.9 Å². The molecule has 0 spiro atoms. The van der Waals surface area contributed by atoms with Crippen LogP contribution in [0.25, 0.3) is 10.1 Å². The summed E-state index contributed by atoms with van der Waals surface area (Å²) < 4.78 is 17.0. The summed E-state index contributed by atoms with van der Waals surface area (Å²) in [6, 6.07) is 19.5. The molecule has 1 saturated heterocycles. The Morgan fingerprint density at radius 2 is 1.71 bits per heavy atom. The van der Waals surface area contributed by atoms with Gasteiger partial charge in [0.05, 0.1) is 25.3 Å². The van der Waals surface area contributed by atoms with Crippen LogP contribution >= 0.6 is 23.1 Å². The lowest BCUT2D eigenvalue weighted by molar-refractivity contribution is -0.115. The van der Waals surface area contributed by atoms with E-state index < -0.39 is 0 Å². The number of carbonyl (C=O) groups excluding carboxylic acids is 1. The standard InChI is InChI=1S/C29H31ClN4O3S/c1-36-25-18-21(24(19-26(25)37-2)31-28(35)17-20-7-9-22(30)10-8-20)11-12-33-13-15-34(16-14-33)29-23-5-3-4-6-27(23)38-32-29/h3-10,18-19H,11-17H2,1-2H3,(H,31,35). The molecule has 198 valence electrons. The highest BCUT2D eigenvalue weighted by Crippen LogP contribution is 2.34. The number of amides is 1. The molecule has 1 aliphatic rings. The first kappa shape index (κ1) is 26.3. The van der Waals surface area contributed by atoms with Crippen molar-refractivity contribution in [1.82, 2.24) is 9.27 Å². The van der Waals surface area contributed by atoms with Crippen LogP contribution in [0.3, 0.4) is 0 Å². The van der Waals surface area contributed by atoms with E-state index >= 15 is 0 Å². The normalized spacial score (nSPS) is 14.0. The van der Waals surface area contributed by atoms with Gasteiger partial charge >= 0.3 is 0 Å². The fourth-order valence-corrected chi connectivity index (χ4v) is 5.71. The number of carbonyl (C=O) groups is 1. The summed E-state index contributed by atoms with van der Waals surface area (Å²) in [5, 5.41) is 4.97. The number of halogens is 1. The van der Waals surface area contributed by atoms with Crippen molar-refractivity contribution in [3.05, 3.63) is 76.8 Å². The highest BCUT2D eigenvalue weighted by Gasteiger charge is 2.21. The number of fused-ring (bicyclic) bond motifs is 1. The minimum Gasteiger partial charge on any atom is -0.493 e. The predicted octanol–water partition coefficient (Wildman–Crippen LogP) is 5.51. The molecule has 4 aromatic rings. The second-order valence-electron chi connectivity index (χ2n) is 9.30. The van der Waals surface area contributed by atoms with Gasteiger partial charge in [-0.15, -0.1) is 0 Å². The molecule has 1 aliphatic heterocycles. The fraction of sp³-hybridized carbons (Fsp3) is 0.310. The first-order chi connectivity index (χ1) is 18.5. The molecule has 0 atom stereocenters. The quantitative estimate of drug-likeness (QED) is 0.296. The zero-order chi connectivity index (χ0) is 26.5. The Kier molecular flexibility index (Phi) is 8.32. The van der Waals surface area contributed by atoms with Crippen molar-refractivity contribution in [2.75, 3.05) is 57.2 Å². The maximum atomic E-state index is 12.9. The van der Waals surface area contributed by atoms with Gasteiger partial charge in [0.15, 0.2) is 11.5 Å². The van der Waals surface area contributed by atoms with Crippen molar-refractivity contribution in [3.8, 4) is 11.5 Å². The molecule has 1 aromatic heterocycles. The van der Waals surface area contributed by atoms with Crippen LogP contribution in [0.1, 0.15) is 11.1 Å². The SMILES string of the molecule is COc1cc(CCN2CCN(c3nsc4ccccc34)CC2)c(NC(=O)Cc2ccc(Cl)cc2)cc1OC. The van der Waals surface area contributed by atoms with Gasteiger partial charge in [0.2, 0.25) is 5.91 Å². The summed E-state index contributed by atoms with van der Waals surface area (Å²) in [5.41, 5.74) is 2.66. The molecular formula is C29H31ClN4O3S. The highest BCUT2D eigenvalue weighted by atomic mass is 35.5. The smallest absolute Gasteiger partial charge is 0.228 e. The molecule has 9 heteroatoms. The van der Waals surface area contributed by atoms with Crippen LogP contribution in [0, 0.1) is 0 Å². The fourth-order valence-electron chi connectivity index (χ4n) is 4.79. The third-order valence-electron chi connectivity index (χ3n) is 6.89. The summed E-state index contributed by atoms with van der Waals surface area (Å²) in [4.78, 5) is 17.7. The molecule has 2 heterocycles. The highest BCUT2D eigenvalue weighted by molar-refractivity contribution is 7.13. The van der Waals surface area contributed by atoms with E-state index in [1.165, 1.54) is 10.1 Å². The van der Waals surface area contributed by atoms with E-state index in [-0.39, 0.29) is 12.3 Å². The van der Waals surface area contributed by atoms with Crippen molar-refractivity contribution in [2.45, 2.75) is 12.8 Å². The third kappa shape index (κ3) is 6.04. The Morgan fingerprint density at radius 3 is 2.45 bits per heavy atom. The van der Waals surface area contributed by atoms with Gasteiger partial charge in [-0.3, -0.25) is 9.69 Å². The number of anilines is 2. The summed E-state index contributed by atoms with van der Waals surface area (Å²) in [6.45, 7) is 4.66. The first-order valence-corrected chi connectivity index (χ1v) is 13.8. The largest absolute Gasteiger partial charge is 0.493 e. The summed E-state index contributed by atoms with van der Waals surface area (Å²) in [5.74, 6) is 2.24. The van der Waals surface area contributed by atoms with Gasteiger partial charge in [-0.2, -0.15) is 4.37 Å². The maximum absolute atomic E-state index is 12.9. The van der Waals surface area contributed by atoms with Gasteiger partial charge in [0.25, 0.3) is 0 Å². The van der Waals surface area contributed by atoms with E-state index in [0.29, 0.717) is 16.5 Å². The van der Waals surface area contributed by atoms with Gasteiger partial charge in [-0.05, 0) is 59.4 Å². The second kappa shape index (κ2) is 12.0. The van der Waals surface area contributed by atoms with E-state index in [1.807, 2.05) is 24.3 Å². The Labute approximate surface area is 232 Å². The zero-order valence-corrected chi connectivity index (χ0v) is 23.1. The van der Waals surface area contributed by atoms with E-state index in [1.54, 1.807) is 37.9 Å². The monoisotopic (exact) mass is 550 g/mol. The third-order valence-corrected chi connectivity index (χ3v) is 7.96. The molecular weight excluding hydrogens is 520 g/mol. The number of rotatable bonds is 9. The Balaban J connectivity index is 1.24. The van der Waals surface area contributed by atoms with Gasteiger partial charge in [-0.25, -0.2) is 0 Å².